The Labute approximate surface area is 174 Å². The van der Waals surface area contributed by atoms with Gasteiger partial charge in [-0.05, 0) is 83.5 Å². The number of fused-ring (bicyclic) bond motifs is 1. The summed E-state index contributed by atoms with van der Waals surface area (Å²) in [5, 5.41) is 0. The van der Waals surface area contributed by atoms with Gasteiger partial charge in [-0.1, -0.05) is 6.08 Å². The van der Waals surface area contributed by atoms with Gasteiger partial charge in [0.15, 0.2) is 0 Å². The summed E-state index contributed by atoms with van der Waals surface area (Å²) in [4.78, 5) is 9.04. The standard InChI is InChI=1S/C25H32FN3/c1-7-28(8-2)21-12-10-20(11-13-21)27-17-19-14-22-18(4)16-25(5,6)29(9-3)24(22)15-23(19)26/h10-17H,7-9H2,1-6H3. The van der Waals surface area contributed by atoms with Crippen LogP contribution in [0, 0.1) is 5.82 Å². The van der Waals surface area contributed by atoms with E-state index in [0.29, 0.717) is 5.56 Å². The summed E-state index contributed by atoms with van der Waals surface area (Å²) in [5.74, 6) is -0.240. The van der Waals surface area contributed by atoms with Crippen LogP contribution in [-0.2, 0) is 0 Å². The fourth-order valence-corrected chi connectivity index (χ4v) is 4.27. The third-order valence-corrected chi connectivity index (χ3v) is 5.74. The molecule has 0 aliphatic carbocycles. The van der Waals surface area contributed by atoms with E-state index in [1.54, 1.807) is 12.3 Å². The van der Waals surface area contributed by atoms with Crippen molar-refractivity contribution < 1.29 is 4.39 Å². The van der Waals surface area contributed by atoms with Crippen LogP contribution in [0.15, 0.2) is 47.5 Å². The number of aliphatic imine (C=N–C) groups is 1. The van der Waals surface area contributed by atoms with E-state index < -0.39 is 0 Å². The van der Waals surface area contributed by atoms with Crippen LogP contribution in [-0.4, -0.2) is 31.4 Å². The highest BCUT2D eigenvalue weighted by atomic mass is 19.1. The molecule has 0 bridgehead atoms. The van der Waals surface area contributed by atoms with Gasteiger partial charge in [-0.15, -0.1) is 0 Å². The first-order valence-electron chi connectivity index (χ1n) is 10.5. The van der Waals surface area contributed by atoms with Crippen molar-refractivity contribution in [2.45, 2.75) is 47.1 Å². The van der Waals surface area contributed by atoms with Gasteiger partial charge in [0, 0.05) is 48.4 Å². The second kappa shape index (κ2) is 8.40. The number of likely N-dealkylation sites (N-methyl/N-ethyl adjacent to an activating group) is 1. The maximum absolute atomic E-state index is 14.9. The minimum Gasteiger partial charge on any atom is -0.372 e. The van der Waals surface area contributed by atoms with Gasteiger partial charge < -0.3 is 9.80 Å². The second-order valence-corrected chi connectivity index (χ2v) is 8.06. The fourth-order valence-electron chi connectivity index (χ4n) is 4.27. The van der Waals surface area contributed by atoms with Crippen LogP contribution in [0.25, 0.3) is 5.57 Å². The number of hydrogen-bond acceptors (Lipinski definition) is 3. The van der Waals surface area contributed by atoms with Gasteiger partial charge in [-0.2, -0.15) is 0 Å². The number of halogens is 1. The molecule has 0 aromatic heterocycles. The predicted octanol–water partition coefficient (Wildman–Crippen LogP) is 6.44. The number of rotatable bonds is 6. The van der Waals surface area contributed by atoms with E-state index in [4.69, 9.17) is 0 Å². The Morgan fingerprint density at radius 2 is 1.72 bits per heavy atom. The summed E-state index contributed by atoms with van der Waals surface area (Å²) >= 11 is 0. The minimum atomic E-state index is -0.240. The molecule has 2 aromatic carbocycles. The highest BCUT2D eigenvalue weighted by Crippen LogP contribution is 2.39. The van der Waals surface area contributed by atoms with Crippen molar-refractivity contribution in [1.29, 1.82) is 0 Å². The van der Waals surface area contributed by atoms with Crippen LogP contribution in [0.1, 0.15) is 52.7 Å². The number of hydrogen-bond donors (Lipinski definition) is 0. The molecule has 0 spiro atoms. The van der Waals surface area contributed by atoms with E-state index in [1.165, 1.54) is 11.3 Å². The zero-order chi connectivity index (χ0) is 21.2. The topological polar surface area (TPSA) is 18.8 Å². The van der Waals surface area contributed by atoms with Crippen LogP contribution in [0.5, 0.6) is 0 Å². The maximum Gasteiger partial charge on any atom is 0.134 e. The van der Waals surface area contributed by atoms with E-state index in [9.17, 15) is 4.39 Å². The molecule has 4 heteroatoms. The van der Waals surface area contributed by atoms with E-state index in [1.807, 2.05) is 18.2 Å². The monoisotopic (exact) mass is 393 g/mol. The maximum atomic E-state index is 14.9. The molecule has 0 radical (unpaired) electrons. The van der Waals surface area contributed by atoms with Crippen molar-refractivity contribution in [2.24, 2.45) is 4.99 Å². The zero-order valence-corrected chi connectivity index (χ0v) is 18.5. The first kappa shape index (κ1) is 21.1. The van der Waals surface area contributed by atoms with Gasteiger partial charge in [-0.25, -0.2) is 4.39 Å². The Balaban J connectivity index is 1.90. The molecule has 0 N–H and O–H groups in total. The van der Waals surface area contributed by atoms with Crippen LogP contribution >= 0.6 is 0 Å². The molecule has 1 aliphatic heterocycles. The molecule has 1 aliphatic rings. The third-order valence-electron chi connectivity index (χ3n) is 5.74. The molecule has 0 atom stereocenters. The smallest absolute Gasteiger partial charge is 0.134 e. The second-order valence-electron chi connectivity index (χ2n) is 8.06. The van der Waals surface area contributed by atoms with Crippen LogP contribution in [0.3, 0.4) is 0 Å². The quantitative estimate of drug-likeness (QED) is 0.526. The SMILES string of the molecule is CCN(CC)c1ccc(N=Cc2cc3c(cc2F)N(CC)C(C)(C)C=C3C)cc1. The number of allylic oxidation sites excluding steroid dienone is 1. The first-order chi connectivity index (χ1) is 13.8. The average molecular weight is 394 g/mol. The third kappa shape index (κ3) is 4.21. The van der Waals surface area contributed by atoms with Gasteiger partial charge >= 0.3 is 0 Å². The Bertz CT molecular complexity index is 922. The Morgan fingerprint density at radius 1 is 1.07 bits per heavy atom. The largest absolute Gasteiger partial charge is 0.372 e. The number of anilines is 2. The van der Waals surface area contributed by atoms with Crippen LogP contribution in [0.4, 0.5) is 21.5 Å². The van der Waals surface area contributed by atoms with Crippen molar-refractivity contribution in [3.05, 3.63) is 59.4 Å². The van der Waals surface area contributed by atoms with E-state index in [-0.39, 0.29) is 11.4 Å². The lowest BCUT2D eigenvalue weighted by atomic mass is 9.88. The molecule has 0 unspecified atom stereocenters. The Hall–Kier alpha value is -2.62. The van der Waals surface area contributed by atoms with E-state index in [2.05, 4.69) is 74.5 Å². The average Bonchev–Trinajstić information content (AvgIpc) is 2.68. The highest BCUT2D eigenvalue weighted by molar-refractivity contribution is 5.89. The molecule has 0 amide bonds. The normalized spacial score (nSPS) is 15.4. The molecule has 154 valence electrons. The molecule has 0 saturated heterocycles. The highest BCUT2D eigenvalue weighted by Gasteiger charge is 2.30. The summed E-state index contributed by atoms with van der Waals surface area (Å²) in [6, 6.07) is 11.7. The van der Waals surface area contributed by atoms with Gasteiger partial charge in [0.2, 0.25) is 0 Å². The van der Waals surface area contributed by atoms with Crippen LogP contribution in [0.2, 0.25) is 0 Å². The summed E-state index contributed by atoms with van der Waals surface area (Å²) in [6.07, 6.45) is 3.88. The van der Waals surface area contributed by atoms with Crippen LogP contribution < -0.4 is 9.80 Å². The molecule has 3 nitrogen and oxygen atoms in total. The van der Waals surface area contributed by atoms with Crippen molar-refractivity contribution in [1.82, 2.24) is 0 Å². The molecule has 2 aromatic rings. The molecule has 3 rings (SSSR count). The van der Waals surface area contributed by atoms with Crippen molar-refractivity contribution >= 4 is 28.8 Å². The molecular weight excluding hydrogens is 361 g/mol. The fraction of sp³-hybridized carbons (Fsp3) is 0.400. The molecule has 1 heterocycles. The molecular formula is C25H32FN3. The van der Waals surface area contributed by atoms with Crippen molar-refractivity contribution in [2.75, 3.05) is 29.4 Å². The lowest BCUT2D eigenvalue weighted by Crippen LogP contribution is -2.45. The number of benzene rings is 2. The molecule has 0 fully saturated rings. The Morgan fingerprint density at radius 3 is 2.31 bits per heavy atom. The summed E-state index contributed by atoms with van der Waals surface area (Å²) < 4.78 is 14.9. The van der Waals surface area contributed by atoms with E-state index >= 15 is 0 Å². The van der Waals surface area contributed by atoms with Gasteiger partial charge in [0.1, 0.15) is 5.82 Å². The van der Waals surface area contributed by atoms with Crippen molar-refractivity contribution in [3.63, 3.8) is 0 Å². The molecule has 0 saturated carbocycles. The van der Waals surface area contributed by atoms with Gasteiger partial charge in [0.05, 0.1) is 11.2 Å². The summed E-state index contributed by atoms with van der Waals surface area (Å²) in [6.45, 7) is 15.6. The van der Waals surface area contributed by atoms with Gasteiger partial charge in [-0.3, -0.25) is 4.99 Å². The van der Waals surface area contributed by atoms with Gasteiger partial charge in [0.25, 0.3) is 0 Å². The molecule has 29 heavy (non-hydrogen) atoms. The van der Waals surface area contributed by atoms with E-state index in [0.717, 1.165) is 36.6 Å². The summed E-state index contributed by atoms with van der Waals surface area (Å²) in [7, 11) is 0. The lowest BCUT2D eigenvalue weighted by molar-refractivity contribution is 0.561. The summed E-state index contributed by atoms with van der Waals surface area (Å²) in [5.41, 5.74) is 5.59. The first-order valence-corrected chi connectivity index (χ1v) is 10.5. The Kier molecular flexibility index (Phi) is 6.11. The minimum absolute atomic E-state index is 0.125. The van der Waals surface area contributed by atoms with Crippen molar-refractivity contribution in [3.8, 4) is 0 Å². The lowest BCUT2D eigenvalue weighted by Gasteiger charge is -2.42. The number of nitrogens with zero attached hydrogens (tertiary/aromatic N) is 3. The zero-order valence-electron chi connectivity index (χ0n) is 18.5. The predicted molar refractivity (Wildman–Crippen MR) is 124 cm³/mol.